The normalized spacial score (nSPS) is 15.1. The third kappa shape index (κ3) is 3.93. The van der Waals surface area contributed by atoms with E-state index in [9.17, 15) is 5.11 Å². The second kappa shape index (κ2) is 7.37. The first-order valence-corrected chi connectivity index (χ1v) is 9.27. The fourth-order valence-electron chi connectivity index (χ4n) is 3.23. The maximum absolute atomic E-state index is 9.60. The molecule has 0 atom stereocenters. The van der Waals surface area contributed by atoms with Crippen molar-refractivity contribution in [1.82, 2.24) is 14.9 Å². The molecule has 1 saturated heterocycles. The van der Waals surface area contributed by atoms with Gasteiger partial charge in [0, 0.05) is 37.3 Å². The largest absolute Gasteiger partial charge is 0.508 e. The van der Waals surface area contributed by atoms with Crippen molar-refractivity contribution in [2.75, 3.05) is 38.1 Å². The molecule has 0 saturated carbocycles. The Bertz CT molecular complexity index is 850. The van der Waals surface area contributed by atoms with Gasteiger partial charge in [-0.15, -0.1) is 0 Å². The quantitative estimate of drug-likeness (QED) is 0.774. The van der Waals surface area contributed by atoms with Crippen molar-refractivity contribution in [3.05, 3.63) is 60.2 Å². The molecule has 3 aromatic rings. The minimum absolute atomic E-state index is 0.255. The smallest absolute Gasteiger partial charge is 0.226 e. The fraction of sp³-hybridized carbons (Fsp3) is 0.273. The minimum Gasteiger partial charge on any atom is -0.508 e. The number of benzene rings is 2. The van der Waals surface area contributed by atoms with Crippen LogP contribution < -0.4 is 4.90 Å². The van der Waals surface area contributed by atoms with Crippen LogP contribution in [-0.2, 0) is 0 Å². The van der Waals surface area contributed by atoms with E-state index >= 15 is 0 Å². The molecule has 1 fully saturated rings. The molecule has 0 unspecified atom stereocenters. The summed E-state index contributed by atoms with van der Waals surface area (Å²) >= 11 is 0. The van der Waals surface area contributed by atoms with Gasteiger partial charge in [0.15, 0.2) is 0 Å². The molecule has 2 aromatic carbocycles. The molecule has 1 aliphatic heterocycles. The van der Waals surface area contributed by atoms with E-state index in [4.69, 9.17) is 9.97 Å². The van der Waals surface area contributed by atoms with E-state index in [0.29, 0.717) is 0 Å². The van der Waals surface area contributed by atoms with Crippen molar-refractivity contribution in [2.45, 2.75) is 6.92 Å². The molecule has 27 heavy (non-hydrogen) atoms. The van der Waals surface area contributed by atoms with Crippen molar-refractivity contribution >= 4 is 5.95 Å². The Morgan fingerprint density at radius 2 is 1.30 bits per heavy atom. The van der Waals surface area contributed by atoms with Gasteiger partial charge in [-0.3, -0.25) is 0 Å². The molecule has 0 radical (unpaired) electrons. The lowest BCUT2D eigenvalue weighted by Crippen LogP contribution is -2.45. The minimum atomic E-state index is 0.255. The second-order valence-electron chi connectivity index (χ2n) is 7.14. The Kier molecular flexibility index (Phi) is 4.77. The van der Waals surface area contributed by atoms with E-state index in [1.54, 1.807) is 12.1 Å². The van der Waals surface area contributed by atoms with Gasteiger partial charge in [-0.2, -0.15) is 0 Å². The number of likely N-dealkylation sites (N-methyl/N-ethyl adjacent to an activating group) is 1. The molecule has 1 aliphatic rings. The summed E-state index contributed by atoms with van der Waals surface area (Å²) in [5.41, 5.74) is 5.07. The average molecular weight is 360 g/mol. The molecule has 1 aromatic heterocycles. The number of anilines is 1. The van der Waals surface area contributed by atoms with Crippen LogP contribution in [0.4, 0.5) is 5.95 Å². The summed E-state index contributed by atoms with van der Waals surface area (Å²) in [5, 5.41) is 9.60. The predicted molar refractivity (Wildman–Crippen MR) is 109 cm³/mol. The SMILES string of the molecule is Cc1ccc(-c2cc(-c3ccc(O)cc3)nc(N3CCN(C)CC3)n2)cc1. The summed E-state index contributed by atoms with van der Waals surface area (Å²) in [6.45, 7) is 5.94. The molecular weight excluding hydrogens is 336 g/mol. The Morgan fingerprint density at radius 3 is 1.85 bits per heavy atom. The van der Waals surface area contributed by atoms with Crippen LogP contribution in [0.2, 0.25) is 0 Å². The first-order valence-electron chi connectivity index (χ1n) is 9.27. The number of hydrogen-bond donors (Lipinski definition) is 1. The highest BCUT2D eigenvalue weighted by molar-refractivity contribution is 5.70. The Labute approximate surface area is 159 Å². The Hall–Kier alpha value is -2.92. The van der Waals surface area contributed by atoms with Gasteiger partial charge in [0.25, 0.3) is 0 Å². The van der Waals surface area contributed by atoms with Crippen LogP contribution in [0.25, 0.3) is 22.5 Å². The number of aromatic hydroxyl groups is 1. The van der Waals surface area contributed by atoms with Crippen LogP contribution in [0, 0.1) is 6.92 Å². The molecule has 138 valence electrons. The van der Waals surface area contributed by atoms with E-state index in [1.165, 1.54) is 5.56 Å². The number of rotatable bonds is 3. The third-order valence-electron chi connectivity index (χ3n) is 5.01. The second-order valence-corrected chi connectivity index (χ2v) is 7.14. The average Bonchev–Trinajstić information content (AvgIpc) is 2.69. The van der Waals surface area contributed by atoms with Crippen LogP contribution in [-0.4, -0.2) is 53.2 Å². The standard InChI is InChI=1S/C22H24N4O/c1-16-3-5-17(6-4-16)20-15-21(18-7-9-19(27)10-8-18)24-22(23-20)26-13-11-25(2)12-14-26/h3-10,15,27H,11-14H2,1-2H3. The van der Waals surface area contributed by atoms with Crippen molar-refractivity contribution in [3.8, 4) is 28.3 Å². The number of phenolic OH excluding ortho intramolecular Hbond substituents is 1. The first-order chi connectivity index (χ1) is 13.1. The zero-order valence-corrected chi connectivity index (χ0v) is 15.8. The lowest BCUT2D eigenvalue weighted by molar-refractivity contribution is 0.311. The van der Waals surface area contributed by atoms with Gasteiger partial charge in [-0.25, -0.2) is 9.97 Å². The number of piperazine rings is 1. The van der Waals surface area contributed by atoms with Crippen LogP contribution in [0.15, 0.2) is 54.6 Å². The molecule has 0 bridgehead atoms. The number of nitrogens with zero attached hydrogens (tertiary/aromatic N) is 4. The van der Waals surface area contributed by atoms with Crippen molar-refractivity contribution in [2.24, 2.45) is 0 Å². The van der Waals surface area contributed by atoms with Crippen molar-refractivity contribution in [3.63, 3.8) is 0 Å². The zero-order valence-electron chi connectivity index (χ0n) is 15.8. The zero-order chi connectivity index (χ0) is 18.8. The summed E-state index contributed by atoms with van der Waals surface area (Å²) in [7, 11) is 2.14. The molecule has 1 N–H and O–H groups in total. The van der Waals surface area contributed by atoms with Crippen molar-refractivity contribution in [1.29, 1.82) is 0 Å². The Balaban J connectivity index is 1.78. The maximum atomic E-state index is 9.60. The van der Waals surface area contributed by atoms with Gasteiger partial charge in [0.1, 0.15) is 5.75 Å². The molecule has 5 heteroatoms. The van der Waals surface area contributed by atoms with Gasteiger partial charge in [0.2, 0.25) is 5.95 Å². The molecule has 5 nitrogen and oxygen atoms in total. The van der Waals surface area contributed by atoms with Gasteiger partial charge >= 0.3 is 0 Å². The highest BCUT2D eigenvalue weighted by Crippen LogP contribution is 2.28. The van der Waals surface area contributed by atoms with Gasteiger partial charge in [-0.05, 0) is 44.3 Å². The monoisotopic (exact) mass is 360 g/mol. The predicted octanol–water partition coefficient (Wildman–Crippen LogP) is 3.58. The summed E-state index contributed by atoms with van der Waals surface area (Å²) in [4.78, 5) is 14.3. The van der Waals surface area contributed by atoms with E-state index < -0.39 is 0 Å². The molecular formula is C22H24N4O. The van der Waals surface area contributed by atoms with Gasteiger partial charge in [-0.1, -0.05) is 29.8 Å². The highest BCUT2D eigenvalue weighted by atomic mass is 16.3. The van der Waals surface area contributed by atoms with Crippen LogP contribution in [0.3, 0.4) is 0 Å². The molecule has 0 spiro atoms. The van der Waals surface area contributed by atoms with Gasteiger partial charge in [0.05, 0.1) is 11.4 Å². The van der Waals surface area contributed by atoms with Crippen LogP contribution in [0.1, 0.15) is 5.56 Å². The fourth-order valence-corrected chi connectivity index (χ4v) is 3.23. The van der Waals surface area contributed by atoms with Crippen LogP contribution in [0.5, 0.6) is 5.75 Å². The topological polar surface area (TPSA) is 52.5 Å². The van der Waals surface area contributed by atoms with E-state index in [1.807, 2.05) is 18.2 Å². The van der Waals surface area contributed by atoms with Crippen molar-refractivity contribution < 1.29 is 5.11 Å². The highest BCUT2D eigenvalue weighted by Gasteiger charge is 2.18. The number of phenols is 1. The number of aromatic nitrogens is 2. The van der Waals surface area contributed by atoms with E-state index in [2.05, 4.69) is 48.0 Å². The van der Waals surface area contributed by atoms with Crippen LogP contribution >= 0.6 is 0 Å². The molecule has 0 amide bonds. The summed E-state index contributed by atoms with van der Waals surface area (Å²) < 4.78 is 0. The lowest BCUT2D eigenvalue weighted by Gasteiger charge is -2.32. The summed E-state index contributed by atoms with van der Waals surface area (Å²) in [6.07, 6.45) is 0. The molecule has 2 heterocycles. The third-order valence-corrected chi connectivity index (χ3v) is 5.01. The summed E-state index contributed by atoms with van der Waals surface area (Å²) in [6, 6.07) is 17.6. The lowest BCUT2D eigenvalue weighted by atomic mass is 10.1. The molecule has 0 aliphatic carbocycles. The number of aryl methyl sites for hydroxylation is 1. The van der Waals surface area contributed by atoms with Gasteiger partial charge < -0.3 is 14.9 Å². The Morgan fingerprint density at radius 1 is 0.778 bits per heavy atom. The summed E-state index contributed by atoms with van der Waals surface area (Å²) in [5.74, 6) is 1.02. The van der Waals surface area contributed by atoms with E-state index in [0.717, 1.165) is 54.6 Å². The first kappa shape index (κ1) is 17.5. The maximum Gasteiger partial charge on any atom is 0.226 e. The molecule has 4 rings (SSSR count). The van der Waals surface area contributed by atoms with E-state index in [-0.39, 0.29) is 5.75 Å². The number of hydrogen-bond acceptors (Lipinski definition) is 5.